The van der Waals surface area contributed by atoms with Gasteiger partial charge in [-0.25, -0.2) is 0 Å². The molecular weight excluding hydrogens is 234 g/mol. The smallest absolute Gasteiger partial charge is 0.0235 e. The zero-order valence-corrected chi connectivity index (χ0v) is 13.2. The van der Waals surface area contributed by atoms with Crippen molar-refractivity contribution in [2.24, 2.45) is 5.92 Å². The molecule has 2 aliphatic rings. The number of likely N-dealkylation sites (tertiary alicyclic amines) is 2. The fraction of sp³-hybridized carbons (Fsp3) is 1.00. The van der Waals surface area contributed by atoms with E-state index in [4.69, 9.17) is 0 Å². The average Bonchev–Trinajstić information content (AvgIpc) is 2.86. The van der Waals surface area contributed by atoms with Crippen LogP contribution in [0.4, 0.5) is 0 Å². The summed E-state index contributed by atoms with van der Waals surface area (Å²) in [5, 5.41) is 3.56. The Kier molecular flexibility index (Phi) is 6.11. The molecule has 0 bridgehead atoms. The van der Waals surface area contributed by atoms with Crippen LogP contribution in [0.5, 0.6) is 0 Å². The van der Waals surface area contributed by atoms with Gasteiger partial charge in [0, 0.05) is 25.2 Å². The molecule has 112 valence electrons. The van der Waals surface area contributed by atoms with Crippen LogP contribution in [0.25, 0.3) is 0 Å². The Bertz CT molecular complexity index is 248. The predicted octanol–water partition coefficient (Wildman–Crippen LogP) is 2.18. The topological polar surface area (TPSA) is 18.5 Å². The lowest BCUT2D eigenvalue weighted by atomic mass is 10.1. The number of hydrogen-bond donors (Lipinski definition) is 1. The molecule has 2 unspecified atom stereocenters. The van der Waals surface area contributed by atoms with Gasteiger partial charge in [0.05, 0.1) is 0 Å². The van der Waals surface area contributed by atoms with Gasteiger partial charge in [0.1, 0.15) is 0 Å². The number of nitrogens with zero attached hydrogens (tertiary/aromatic N) is 2. The summed E-state index contributed by atoms with van der Waals surface area (Å²) < 4.78 is 0. The van der Waals surface area contributed by atoms with E-state index in [1.54, 1.807) is 0 Å². The van der Waals surface area contributed by atoms with E-state index in [0.29, 0.717) is 6.04 Å². The molecular formula is C16H33N3. The number of hydrogen-bond acceptors (Lipinski definition) is 3. The van der Waals surface area contributed by atoms with Crippen LogP contribution in [0.2, 0.25) is 0 Å². The Morgan fingerprint density at radius 1 is 1.05 bits per heavy atom. The monoisotopic (exact) mass is 267 g/mol. The maximum atomic E-state index is 3.56. The van der Waals surface area contributed by atoms with Gasteiger partial charge in [0.2, 0.25) is 0 Å². The van der Waals surface area contributed by atoms with Crippen molar-refractivity contribution < 1.29 is 0 Å². The Morgan fingerprint density at radius 2 is 1.79 bits per heavy atom. The van der Waals surface area contributed by atoms with Gasteiger partial charge in [-0.15, -0.1) is 0 Å². The minimum absolute atomic E-state index is 0.613. The highest BCUT2D eigenvalue weighted by Crippen LogP contribution is 2.20. The number of nitrogens with one attached hydrogen (secondary N) is 1. The highest BCUT2D eigenvalue weighted by atomic mass is 15.3. The van der Waals surface area contributed by atoms with Gasteiger partial charge >= 0.3 is 0 Å². The van der Waals surface area contributed by atoms with Crippen molar-refractivity contribution >= 4 is 0 Å². The van der Waals surface area contributed by atoms with Crippen molar-refractivity contribution in [2.45, 2.75) is 58.5 Å². The molecule has 0 spiro atoms. The van der Waals surface area contributed by atoms with Gasteiger partial charge in [0.15, 0.2) is 0 Å². The van der Waals surface area contributed by atoms with E-state index < -0.39 is 0 Å². The second kappa shape index (κ2) is 7.61. The minimum Gasteiger partial charge on any atom is -0.314 e. The second-order valence-electron chi connectivity index (χ2n) is 6.97. The van der Waals surface area contributed by atoms with Gasteiger partial charge in [-0.05, 0) is 51.4 Å². The van der Waals surface area contributed by atoms with Crippen LogP contribution >= 0.6 is 0 Å². The van der Waals surface area contributed by atoms with Gasteiger partial charge in [-0.1, -0.05) is 27.2 Å². The maximum absolute atomic E-state index is 3.56. The molecule has 2 rings (SSSR count). The Morgan fingerprint density at radius 3 is 2.47 bits per heavy atom. The van der Waals surface area contributed by atoms with Crippen molar-refractivity contribution in [2.75, 3.05) is 39.3 Å². The van der Waals surface area contributed by atoms with Crippen LogP contribution in [0.15, 0.2) is 0 Å². The fourth-order valence-corrected chi connectivity index (χ4v) is 3.50. The summed E-state index contributed by atoms with van der Waals surface area (Å²) in [6, 6.07) is 1.47. The molecule has 0 amide bonds. The van der Waals surface area contributed by atoms with E-state index in [9.17, 15) is 0 Å². The zero-order chi connectivity index (χ0) is 13.7. The third kappa shape index (κ3) is 5.05. The number of rotatable bonds is 6. The molecule has 0 radical (unpaired) electrons. The molecule has 0 aromatic heterocycles. The van der Waals surface area contributed by atoms with Gasteiger partial charge in [0.25, 0.3) is 0 Å². The van der Waals surface area contributed by atoms with Crippen molar-refractivity contribution in [3.63, 3.8) is 0 Å². The normalized spacial score (nSPS) is 28.1. The summed E-state index contributed by atoms with van der Waals surface area (Å²) in [5.41, 5.74) is 0. The first-order valence-electron chi connectivity index (χ1n) is 8.35. The van der Waals surface area contributed by atoms with E-state index in [1.165, 1.54) is 58.4 Å². The average molecular weight is 267 g/mol. The second-order valence-corrected chi connectivity index (χ2v) is 6.97. The lowest BCUT2D eigenvalue weighted by Crippen LogP contribution is -2.41. The van der Waals surface area contributed by atoms with Crippen LogP contribution in [0.3, 0.4) is 0 Å². The van der Waals surface area contributed by atoms with Crippen molar-refractivity contribution in [3.05, 3.63) is 0 Å². The molecule has 0 aromatic carbocycles. The molecule has 3 nitrogen and oxygen atoms in total. The van der Waals surface area contributed by atoms with Gasteiger partial charge < -0.3 is 10.2 Å². The number of piperidine rings is 1. The van der Waals surface area contributed by atoms with Gasteiger partial charge in [-0.2, -0.15) is 0 Å². The van der Waals surface area contributed by atoms with Crippen LogP contribution in [-0.4, -0.2) is 61.2 Å². The Hall–Kier alpha value is -0.120. The van der Waals surface area contributed by atoms with Crippen molar-refractivity contribution in [1.29, 1.82) is 0 Å². The molecule has 3 heteroatoms. The SMILES string of the molecule is CC(CNC(C)C)CN1CCC(N2CCCCC2)C1. The molecule has 2 atom stereocenters. The highest BCUT2D eigenvalue weighted by molar-refractivity contribution is 4.85. The van der Waals surface area contributed by atoms with Crippen molar-refractivity contribution in [1.82, 2.24) is 15.1 Å². The molecule has 1 N–H and O–H groups in total. The van der Waals surface area contributed by atoms with Crippen LogP contribution in [0.1, 0.15) is 46.5 Å². The van der Waals surface area contributed by atoms with Crippen molar-refractivity contribution in [3.8, 4) is 0 Å². The lowest BCUT2D eigenvalue weighted by molar-refractivity contribution is 0.159. The molecule has 0 aliphatic carbocycles. The summed E-state index contributed by atoms with van der Waals surface area (Å²) in [6.07, 6.45) is 5.69. The largest absolute Gasteiger partial charge is 0.314 e. The standard InChI is InChI=1S/C16H33N3/c1-14(2)17-11-15(3)12-18-10-7-16(13-18)19-8-5-4-6-9-19/h14-17H,4-13H2,1-3H3. The third-order valence-corrected chi connectivity index (χ3v) is 4.60. The molecule has 2 saturated heterocycles. The fourth-order valence-electron chi connectivity index (χ4n) is 3.50. The van der Waals surface area contributed by atoms with E-state index in [-0.39, 0.29) is 0 Å². The molecule has 0 saturated carbocycles. The molecule has 2 aliphatic heterocycles. The Labute approximate surface area is 119 Å². The molecule has 0 aromatic rings. The first-order chi connectivity index (χ1) is 9.15. The van der Waals surface area contributed by atoms with E-state index in [1.807, 2.05) is 0 Å². The Balaban J connectivity index is 1.66. The first kappa shape index (κ1) is 15.3. The van der Waals surface area contributed by atoms with E-state index >= 15 is 0 Å². The van der Waals surface area contributed by atoms with Crippen LogP contribution < -0.4 is 5.32 Å². The third-order valence-electron chi connectivity index (χ3n) is 4.60. The van der Waals surface area contributed by atoms with E-state index in [2.05, 4.69) is 35.9 Å². The summed E-state index contributed by atoms with van der Waals surface area (Å²) in [7, 11) is 0. The molecule has 19 heavy (non-hydrogen) atoms. The summed E-state index contributed by atoms with van der Waals surface area (Å²) in [4.78, 5) is 5.44. The predicted molar refractivity (Wildman–Crippen MR) is 82.6 cm³/mol. The highest BCUT2D eigenvalue weighted by Gasteiger charge is 2.28. The quantitative estimate of drug-likeness (QED) is 0.796. The van der Waals surface area contributed by atoms with Gasteiger partial charge in [-0.3, -0.25) is 4.90 Å². The van der Waals surface area contributed by atoms with Crippen LogP contribution in [0, 0.1) is 5.92 Å². The minimum atomic E-state index is 0.613. The van der Waals surface area contributed by atoms with Crippen LogP contribution in [-0.2, 0) is 0 Å². The molecule has 2 heterocycles. The first-order valence-corrected chi connectivity index (χ1v) is 8.35. The zero-order valence-electron chi connectivity index (χ0n) is 13.2. The summed E-state index contributed by atoms with van der Waals surface area (Å²) in [5.74, 6) is 0.766. The van der Waals surface area contributed by atoms with E-state index in [0.717, 1.165) is 18.5 Å². The maximum Gasteiger partial charge on any atom is 0.0235 e. The summed E-state index contributed by atoms with van der Waals surface area (Å²) in [6.45, 7) is 14.6. The summed E-state index contributed by atoms with van der Waals surface area (Å²) >= 11 is 0. The molecule has 2 fully saturated rings. The lowest BCUT2D eigenvalue weighted by Gasteiger charge is -2.32.